The molecule has 0 unspecified atom stereocenters. The molecule has 0 bridgehead atoms. The van der Waals surface area contributed by atoms with Gasteiger partial charge in [-0.2, -0.15) is 0 Å². The first kappa shape index (κ1) is 14.4. The van der Waals surface area contributed by atoms with E-state index in [1.165, 1.54) is 6.07 Å². The summed E-state index contributed by atoms with van der Waals surface area (Å²) in [7, 11) is -3.05. The Kier molecular flexibility index (Phi) is 4.94. The first-order valence-corrected chi connectivity index (χ1v) is 7.74. The third-order valence-corrected chi connectivity index (χ3v) is 5.21. The average molecular weight is 324 g/mol. The lowest BCUT2D eigenvalue weighted by Crippen LogP contribution is -2.22. The van der Waals surface area contributed by atoms with Crippen molar-refractivity contribution in [3.63, 3.8) is 0 Å². The van der Waals surface area contributed by atoms with Gasteiger partial charge >= 0.3 is 0 Å². The highest BCUT2D eigenvalue weighted by Crippen LogP contribution is 2.19. The van der Waals surface area contributed by atoms with Crippen molar-refractivity contribution < 1.29 is 12.8 Å². The van der Waals surface area contributed by atoms with Gasteiger partial charge in [0.05, 0.1) is 15.5 Å². The van der Waals surface area contributed by atoms with Crippen molar-refractivity contribution in [2.24, 2.45) is 0 Å². The van der Waals surface area contributed by atoms with Crippen LogP contribution in [0.2, 0.25) is 0 Å². The van der Waals surface area contributed by atoms with Crippen LogP contribution in [-0.2, 0) is 9.84 Å². The van der Waals surface area contributed by atoms with Crippen molar-refractivity contribution in [2.75, 3.05) is 17.6 Å². The van der Waals surface area contributed by atoms with Crippen molar-refractivity contribution in [2.45, 2.75) is 19.1 Å². The molecule has 96 valence electrons. The van der Waals surface area contributed by atoms with Crippen molar-refractivity contribution >= 4 is 31.5 Å². The van der Waals surface area contributed by atoms with Crippen LogP contribution in [-0.4, -0.2) is 26.0 Å². The lowest BCUT2D eigenvalue weighted by molar-refractivity contribution is 0.588. The Hall–Kier alpha value is -0.620. The summed E-state index contributed by atoms with van der Waals surface area (Å²) in [6, 6.07) is 4.59. The van der Waals surface area contributed by atoms with Gasteiger partial charge in [-0.15, -0.1) is 0 Å². The van der Waals surface area contributed by atoms with Gasteiger partial charge in [-0.25, -0.2) is 12.8 Å². The third-order valence-electron chi connectivity index (χ3n) is 2.35. The van der Waals surface area contributed by atoms with Crippen LogP contribution in [0, 0.1) is 5.82 Å². The Labute approximate surface area is 109 Å². The minimum absolute atomic E-state index is 0.0440. The topological polar surface area (TPSA) is 46.2 Å². The highest BCUT2D eigenvalue weighted by molar-refractivity contribution is 9.10. The molecule has 0 aliphatic carbocycles. The molecule has 6 heteroatoms. The third kappa shape index (κ3) is 4.27. The summed E-state index contributed by atoms with van der Waals surface area (Å²) in [5, 5.41) is 2.50. The van der Waals surface area contributed by atoms with Crippen LogP contribution in [0.15, 0.2) is 22.7 Å². The van der Waals surface area contributed by atoms with E-state index in [0.29, 0.717) is 10.2 Å². The average Bonchev–Trinajstić information content (AvgIpc) is 2.23. The maximum Gasteiger partial charge on any atom is 0.154 e. The maximum absolute atomic E-state index is 13.2. The second kappa shape index (κ2) is 5.82. The standard InChI is InChI=1S/C11H15BrFNO2S/c1-8(2)17(15,16)6-5-14-9-3-4-10(12)11(13)7-9/h3-4,7-8,14H,5-6H2,1-2H3. The van der Waals surface area contributed by atoms with Crippen LogP contribution in [0.5, 0.6) is 0 Å². The number of rotatable bonds is 5. The van der Waals surface area contributed by atoms with Gasteiger partial charge in [0.1, 0.15) is 5.82 Å². The molecule has 0 atom stereocenters. The first-order chi connectivity index (χ1) is 7.83. The van der Waals surface area contributed by atoms with E-state index in [2.05, 4.69) is 21.2 Å². The molecule has 0 saturated heterocycles. The van der Waals surface area contributed by atoms with Gasteiger partial charge < -0.3 is 5.32 Å². The molecule has 0 aliphatic rings. The molecule has 0 saturated carbocycles. The zero-order valence-electron chi connectivity index (χ0n) is 9.70. The minimum Gasteiger partial charge on any atom is -0.384 e. The molecule has 1 aromatic carbocycles. The molecular weight excluding hydrogens is 309 g/mol. The quantitative estimate of drug-likeness (QED) is 0.906. The fourth-order valence-corrected chi connectivity index (χ4v) is 2.28. The van der Waals surface area contributed by atoms with Crippen LogP contribution >= 0.6 is 15.9 Å². The van der Waals surface area contributed by atoms with Gasteiger partial charge in [-0.05, 0) is 48.0 Å². The van der Waals surface area contributed by atoms with E-state index in [0.717, 1.165) is 0 Å². The molecule has 0 spiro atoms. The van der Waals surface area contributed by atoms with Gasteiger partial charge in [-0.3, -0.25) is 0 Å². The van der Waals surface area contributed by atoms with Crippen molar-refractivity contribution in [3.05, 3.63) is 28.5 Å². The van der Waals surface area contributed by atoms with Crippen LogP contribution in [0.3, 0.4) is 0 Å². The smallest absolute Gasteiger partial charge is 0.154 e. The van der Waals surface area contributed by atoms with E-state index in [-0.39, 0.29) is 23.4 Å². The van der Waals surface area contributed by atoms with Gasteiger partial charge in [-0.1, -0.05) is 0 Å². The largest absolute Gasteiger partial charge is 0.384 e. The normalized spacial score (nSPS) is 11.8. The Balaban J connectivity index is 2.55. The Morgan fingerprint density at radius 2 is 2.06 bits per heavy atom. The van der Waals surface area contributed by atoms with Gasteiger partial charge in [0.25, 0.3) is 0 Å². The zero-order chi connectivity index (χ0) is 13.1. The monoisotopic (exact) mass is 323 g/mol. The summed E-state index contributed by atoms with van der Waals surface area (Å²) in [6.07, 6.45) is 0. The molecule has 0 heterocycles. The molecule has 17 heavy (non-hydrogen) atoms. The molecule has 1 aromatic rings. The highest BCUT2D eigenvalue weighted by atomic mass is 79.9. The molecular formula is C11H15BrFNO2S. The number of nitrogens with one attached hydrogen (secondary N) is 1. The van der Waals surface area contributed by atoms with E-state index in [1.807, 2.05) is 0 Å². The maximum atomic E-state index is 13.2. The Morgan fingerprint density at radius 1 is 1.41 bits per heavy atom. The number of hydrogen-bond acceptors (Lipinski definition) is 3. The predicted molar refractivity (Wildman–Crippen MR) is 71.5 cm³/mol. The van der Waals surface area contributed by atoms with Gasteiger partial charge in [0.2, 0.25) is 0 Å². The molecule has 0 aliphatic heterocycles. The van der Waals surface area contributed by atoms with Crippen molar-refractivity contribution in [1.82, 2.24) is 0 Å². The van der Waals surface area contributed by atoms with Crippen molar-refractivity contribution in [3.8, 4) is 0 Å². The summed E-state index contributed by atoms with van der Waals surface area (Å²) in [5.74, 6) is -0.329. The van der Waals surface area contributed by atoms with Crippen LogP contribution < -0.4 is 5.32 Å². The SMILES string of the molecule is CC(C)S(=O)(=O)CCNc1ccc(Br)c(F)c1. The van der Waals surface area contributed by atoms with Gasteiger partial charge in [0, 0.05) is 12.2 Å². The lowest BCUT2D eigenvalue weighted by atomic mass is 10.3. The lowest BCUT2D eigenvalue weighted by Gasteiger charge is -2.09. The van der Waals surface area contributed by atoms with Crippen LogP contribution in [0.25, 0.3) is 0 Å². The van der Waals surface area contributed by atoms with Gasteiger partial charge in [0.15, 0.2) is 9.84 Å². The van der Waals surface area contributed by atoms with E-state index < -0.39 is 9.84 Å². The highest BCUT2D eigenvalue weighted by Gasteiger charge is 2.15. The summed E-state index contributed by atoms with van der Waals surface area (Å²) < 4.78 is 36.6. The van der Waals surface area contributed by atoms with Crippen LogP contribution in [0.1, 0.15) is 13.8 Å². The first-order valence-electron chi connectivity index (χ1n) is 5.23. The summed E-state index contributed by atoms with van der Waals surface area (Å²) in [6.45, 7) is 3.57. The second-order valence-corrected chi connectivity index (χ2v) is 7.50. The van der Waals surface area contributed by atoms with Crippen LogP contribution in [0.4, 0.5) is 10.1 Å². The minimum atomic E-state index is -3.05. The Bertz CT molecular complexity index is 488. The Morgan fingerprint density at radius 3 is 2.59 bits per heavy atom. The van der Waals surface area contributed by atoms with E-state index in [1.54, 1.807) is 26.0 Å². The number of hydrogen-bond donors (Lipinski definition) is 1. The fourth-order valence-electron chi connectivity index (χ4n) is 1.18. The fraction of sp³-hybridized carbons (Fsp3) is 0.455. The summed E-state index contributed by atoms with van der Waals surface area (Å²) >= 11 is 3.05. The predicted octanol–water partition coefficient (Wildman–Crippen LogP) is 2.82. The van der Waals surface area contributed by atoms with E-state index in [9.17, 15) is 12.8 Å². The number of halogens is 2. The van der Waals surface area contributed by atoms with E-state index >= 15 is 0 Å². The zero-order valence-corrected chi connectivity index (χ0v) is 12.1. The second-order valence-electron chi connectivity index (χ2n) is 3.97. The molecule has 0 aromatic heterocycles. The molecule has 1 rings (SSSR count). The van der Waals surface area contributed by atoms with E-state index in [4.69, 9.17) is 0 Å². The molecule has 0 amide bonds. The molecule has 0 radical (unpaired) electrons. The summed E-state index contributed by atoms with van der Waals surface area (Å²) in [5.41, 5.74) is 0.574. The number of sulfone groups is 1. The molecule has 0 fully saturated rings. The molecule has 1 N–H and O–H groups in total. The number of anilines is 1. The van der Waals surface area contributed by atoms with Crippen molar-refractivity contribution in [1.29, 1.82) is 0 Å². The number of benzene rings is 1. The molecule has 3 nitrogen and oxygen atoms in total. The summed E-state index contributed by atoms with van der Waals surface area (Å²) in [4.78, 5) is 0.